The second kappa shape index (κ2) is 16.5. The molecule has 0 unspecified atom stereocenters. The van der Waals surface area contributed by atoms with Gasteiger partial charge in [-0.25, -0.2) is 8.78 Å². The molecule has 0 aliphatic carbocycles. The summed E-state index contributed by atoms with van der Waals surface area (Å²) in [7, 11) is 3.01. The molecule has 2 aliphatic rings. The van der Waals surface area contributed by atoms with Crippen LogP contribution in [0, 0.1) is 11.6 Å². The Hall–Kier alpha value is -3.29. The van der Waals surface area contributed by atoms with Crippen LogP contribution in [0.15, 0.2) is 48.5 Å². The molecule has 14 heteroatoms. The lowest BCUT2D eigenvalue weighted by atomic mass is 9.81. The molecule has 1 N–H and O–H groups in total. The lowest BCUT2D eigenvalue weighted by Gasteiger charge is -2.53. The van der Waals surface area contributed by atoms with Gasteiger partial charge in [0.05, 0.1) is 25.9 Å². The molecule has 2 saturated heterocycles. The summed E-state index contributed by atoms with van der Waals surface area (Å²) in [6.45, 7) is 6.31. The number of aliphatic hydroxyl groups is 1. The number of fused-ring (bicyclic) bond motifs is 1. The van der Waals surface area contributed by atoms with E-state index in [4.69, 9.17) is 14.2 Å². The number of halogens is 4. The standard InChI is InChI=1S/C32H39F2N5O5.2ClH/c1-20(2)44-31-26(30(42-3)35-32(36-31)43-4)17-37-15-25-16-38(28(41)19-40)13-14-39(25)27(18-37)29(21-5-9-23(33)10-6-21)22-7-11-24(34)12-8-22;;/h5-12,20,25,27,29,40H,13-19H2,1-4H3;2*1H/t25-,27+;;/m1../s1. The summed E-state index contributed by atoms with van der Waals surface area (Å²) >= 11 is 0. The molecule has 2 atom stereocenters. The zero-order valence-electron chi connectivity index (χ0n) is 26.3. The fourth-order valence-corrected chi connectivity index (χ4v) is 6.30. The maximum atomic E-state index is 14.1. The Kier molecular flexibility index (Phi) is 13.3. The number of amides is 1. The number of benzene rings is 2. The van der Waals surface area contributed by atoms with Gasteiger partial charge in [0.2, 0.25) is 17.7 Å². The van der Waals surface area contributed by atoms with Crippen LogP contribution in [0.5, 0.6) is 17.8 Å². The van der Waals surface area contributed by atoms with E-state index in [9.17, 15) is 18.7 Å². The van der Waals surface area contributed by atoms with E-state index in [1.165, 1.54) is 38.5 Å². The van der Waals surface area contributed by atoms with Gasteiger partial charge in [0, 0.05) is 57.3 Å². The number of aliphatic hydroxyl groups excluding tert-OH is 1. The normalized spacial score (nSPS) is 18.4. The summed E-state index contributed by atoms with van der Waals surface area (Å²) in [6.07, 6.45) is -0.166. The molecule has 1 aromatic heterocycles. The van der Waals surface area contributed by atoms with E-state index < -0.39 is 6.61 Å². The molecule has 1 amide bonds. The van der Waals surface area contributed by atoms with Gasteiger partial charge >= 0.3 is 6.01 Å². The average Bonchev–Trinajstić information content (AvgIpc) is 3.02. The molecule has 46 heavy (non-hydrogen) atoms. The van der Waals surface area contributed by atoms with Crippen molar-refractivity contribution in [1.82, 2.24) is 24.7 Å². The van der Waals surface area contributed by atoms with E-state index in [1.54, 1.807) is 29.2 Å². The summed E-state index contributed by atoms with van der Waals surface area (Å²) in [5.74, 6) is -0.532. The van der Waals surface area contributed by atoms with Crippen LogP contribution >= 0.6 is 24.8 Å². The smallest absolute Gasteiger partial charge is 0.322 e. The summed E-state index contributed by atoms with van der Waals surface area (Å²) < 4.78 is 45.1. The molecule has 3 heterocycles. The molecule has 0 bridgehead atoms. The van der Waals surface area contributed by atoms with Gasteiger partial charge in [-0.05, 0) is 49.2 Å². The van der Waals surface area contributed by atoms with E-state index in [0.717, 1.165) is 11.1 Å². The van der Waals surface area contributed by atoms with E-state index in [-0.39, 0.29) is 72.5 Å². The lowest BCUT2D eigenvalue weighted by molar-refractivity contribution is -0.139. The highest BCUT2D eigenvalue weighted by Gasteiger charge is 2.43. The third kappa shape index (κ3) is 8.34. The highest BCUT2D eigenvalue weighted by molar-refractivity contribution is 5.85. The molecule has 2 aromatic carbocycles. The van der Waals surface area contributed by atoms with Gasteiger partial charge in [-0.15, -0.1) is 24.8 Å². The number of hydrogen-bond donors (Lipinski definition) is 1. The molecular formula is C32H41Cl2F2N5O5. The Balaban J connectivity index is 0.00000288. The van der Waals surface area contributed by atoms with Gasteiger partial charge in [-0.3, -0.25) is 14.6 Å². The van der Waals surface area contributed by atoms with Crippen molar-refractivity contribution < 1.29 is 32.9 Å². The molecule has 2 aliphatic heterocycles. The van der Waals surface area contributed by atoms with Crippen LogP contribution < -0.4 is 14.2 Å². The van der Waals surface area contributed by atoms with E-state index in [1.807, 2.05) is 13.8 Å². The van der Waals surface area contributed by atoms with Crippen LogP contribution in [0.4, 0.5) is 8.78 Å². The summed E-state index contributed by atoms with van der Waals surface area (Å²) in [5.41, 5.74) is 2.45. The molecule has 3 aromatic rings. The predicted molar refractivity (Wildman–Crippen MR) is 173 cm³/mol. The third-order valence-corrected chi connectivity index (χ3v) is 8.22. The van der Waals surface area contributed by atoms with Gasteiger partial charge in [0.25, 0.3) is 0 Å². The van der Waals surface area contributed by atoms with Gasteiger partial charge in [0.15, 0.2) is 0 Å². The third-order valence-electron chi connectivity index (χ3n) is 8.22. The van der Waals surface area contributed by atoms with Crippen LogP contribution in [-0.2, 0) is 11.3 Å². The highest BCUT2D eigenvalue weighted by Crippen LogP contribution is 2.38. The minimum absolute atomic E-state index is 0. The summed E-state index contributed by atoms with van der Waals surface area (Å²) in [5, 5.41) is 9.59. The Labute approximate surface area is 280 Å². The maximum Gasteiger partial charge on any atom is 0.322 e. The Bertz CT molecular complexity index is 1390. The topological polar surface area (TPSA) is 100 Å². The van der Waals surface area contributed by atoms with Crippen LogP contribution in [0.1, 0.15) is 36.5 Å². The number of piperazine rings is 2. The summed E-state index contributed by atoms with van der Waals surface area (Å²) in [4.78, 5) is 27.8. The zero-order chi connectivity index (χ0) is 31.4. The fraction of sp³-hybridized carbons (Fsp3) is 0.469. The zero-order valence-corrected chi connectivity index (χ0v) is 27.9. The van der Waals surface area contributed by atoms with Crippen molar-refractivity contribution in [2.45, 2.75) is 44.5 Å². The van der Waals surface area contributed by atoms with Crippen molar-refractivity contribution >= 4 is 30.7 Å². The van der Waals surface area contributed by atoms with Crippen LogP contribution in [0.2, 0.25) is 0 Å². The number of methoxy groups -OCH3 is 2. The number of carbonyl (C=O) groups is 1. The maximum absolute atomic E-state index is 14.1. The molecule has 10 nitrogen and oxygen atoms in total. The second-order valence-corrected chi connectivity index (χ2v) is 11.4. The van der Waals surface area contributed by atoms with Crippen molar-refractivity contribution in [3.05, 3.63) is 76.9 Å². The minimum atomic E-state index is -0.552. The second-order valence-electron chi connectivity index (χ2n) is 11.4. The average molecular weight is 685 g/mol. The monoisotopic (exact) mass is 683 g/mol. The summed E-state index contributed by atoms with van der Waals surface area (Å²) in [6, 6.07) is 12.8. The van der Waals surface area contributed by atoms with Gasteiger partial charge in [0.1, 0.15) is 18.2 Å². The van der Waals surface area contributed by atoms with E-state index in [2.05, 4.69) is 19.8 Å². The molecule has 0 spiro atoms. The first-order valence-corrected chi connectivity index (χ1v) is 14.7. The van der Waals surface area contributed by atoms with Crippen LogP contribution in [0.3, 0.4) is 0 Å². The number of ether oxygens (including phenoxy) is 3. The Morgan fingerprint density at radius 2 is 1.48 bits per heavy atom. The first-order valence-electron chi connectivity index (χ1n) is 14.7. The highest BCUT2D eigenvalue weighted by atomic mass is 35.5. The van der Waals surface area contributed by atoms with Gasteiger partial charge < -0.3 is 24.2 Å². The molecule has 5 rings (SSSR count). The molecular weight excluding hydrogens is 643 g/mol. The number of aromatic nitrogens is 2. The fourth-order valence-electron chi connectivity index (χ4n) is 6.30. The van der Waals surface area contributed by atoms with E-state index >= 15 is 0 Å². The van der Waals surface area contributed by atoms with Crippen LogP contribution in [0.25, 0.3) is 0 Å². The van der Waals surface area contributed by atoms with Gasteiger partial charge in [-0.2, -0.15) is 9.97 Å². The van der Waals surface area contributed by atoms with E-state index in [0.29, 0.717) is 56.6 Å². The van der Waals surface area contributed by atoms with Crippen molar-refractivity contribution in [1.29, 1.82) is 0 Å². The van der Waals surface area contributed by atoms with Crippen molar-refractivity contribution in [3.8, 4) is 17.8 Å². The van der Waals surface area contributed by atoms with Crippen molar-refractivity contribution in [2.24, 2.45) is 0 Å². The molecule has 252 valence electrons. The minimum Gasteiger partial charge on any atom is -0.481 e. The number of nitrogens with zero attached hydrogens (tertiary/aromatic N) is 5. The number of rotatable bonds is 10. The van der Waals surface area contributed by atoms with Gasteiger partial charge in [-0.1, -0.05) is 24.3 Å². The van der Waals surface area contributed by atoms with Crippen molar-refractivity contribution in [3.63, 3.8) is 0 Å². The molecule has 2 fully saturated rings. The van der Waals surface area contributed by atoms with Crippen LogP contribution in [-0.4, -0.2) is 107 Å². The Morgan fingerprint density at radius 3 is 2.00 bits per heavy atom. The first-order chi connectivity index (χ1) is 21.2. The Morgan fingerprint density at radius 1 is 0.891 bits per heavy atom. The first kappa shape index (κ1) is 37.2. The number of hydrogen-bond acceptors (Lipinski definition) is 9. The largest absolute Gasteiger partial charge is 0.481 e. The predicted octanol–water partition coefficient (Wildman–Crippen LogP) is 3.92. The number of carbonyl (C=O) groups excluding carboxylic acids is 1. The molecule has 0 radical (unpaired) electrons. The quantitative estimate of drug-likeness (QED) is 0.341. The lowest BCUT2D eigenvalue weighted by Crippen LogP contribution is -2.67. The SMILES string of the molecule is COc1nc(OC)c(CN2C[C@@H]3CN(C(=O)CO)CCN3[C@H](C(c3ccc(F)cc3)c3ccc(F)cc3)C2)c(OC(C)C)n1.Cl.Cl. The molecule has 0 saturated carbocycles. The van der Waals surface area contributed by atoms with Crippen molar-refractivity contribution in [2.75, 3.05) is 53.6 Å².